The molecule has 1 heterocycles. The first-order valence-electron chi connectivity index (χ1n) is 12.5. The zero-order valence-electron chi connectivity index (χ0n) is 21.5. The second-order valence-electron chi connectivity index (χ2n) is 8.89. The van der Waals surface area contributed by atoms with Gasteiger partial charge in [0.2, 0.25) is 6.33 Å². The van der Waals surface area contributed by atoms with E-state index >= 15 is 0 Å². The Morgan fingerprint density at radius 3 is 1.32 bits per heavy atom. The molecule has 0 aliphatic heterocycles. The minimum atomic E-state index is -6.60. The van der Waals surface area contributed by atoms with Crippen molar-refractivity contribution >= 4 is 20.0 Å². The zero-order valence-corrected chi connectivity index (χ0v) is 23.1. The van der Waals surface area contributed by atoms with Gasteiger partial charge in [-0.2, -0.15) is 26.3 Å². The summed E-state index contributed by atoms with van der Waals surface area (Å²) in [6.45, 7) is 3.47. The van der Waals surface area contributed by atoms with Crippen LogP contribution in [-0.4, -0.2) is 32.4 Å². The molecule has 0 unspecified atom stereocenters. The van der Waals surface area contributed by atoms with Crippen molar-refractivity contribution in [3.05, 3.63) is 18.7 Å². The van der Waals surface area contributed by atoms with Crippen LogP contribution >= 0.6 is 0 Å². The Labute approximate surface area is 216 Å². The van der Waals surface area contributed by atoms with Crippen molar-refractivity contribution < 1.29 is 47.7 Å². The van der Waals surface area contributed by atoms with Crippen LogP contribution in [0.15, 0.2) is 18.7 Å². The largest absolute Gasteiger partial charge is 0.512 e. The quantitative estimate of drug-likeness (QED) is 0.136. The van der Waals surface area contributed by atoms with Gasteiger partial charge in [0.25, 0.3) is 0 Å². The third kappa shape index (κ3) is 16.3. The Morgan fingerprint density at radius 2 is 1.03 bits per heavy atom. The van der Waals surface area contributed by atoms with Gasteiger partial charge in [-0.25, -0.2) is 26.0 Å². The van der Waals surface area contributed by atoms with Gasteiger partial charge in [-0.05, 0) is 12.8 Å². The molecule has 0 amide bonds. The van der Waals surface area contributed by atoms with E-state index in [9.17, 15) is 43.2 Å². The Morgan fingerprint density at radius 1 is 0.676 bits per heavy atom. The van der Waals surface area contributed by atoms with E-state index in [-0.39, 0.29) is 0 Å². The molecular formula is C22H40F6N3O4S2+. The molecule has 15 heteroatoms. The third-order valence-electron chi connectivity index (χ3n) is 5.42. The predicted octanol–water partition coefficient (Wildman–Crippen LogP) is 6.07. The summed E-state index contributed by atoms with van der Waals surface area (Å²) in [7, 11) is -11.1. The summed E-state index contributed by atoms with van der Waals surface area (Å²) in [6.07, 6.45) is 26.5. The third-order valence-corrected chi connectivity index (χ3v) is 8.40. The van der Waals surface area contributed by atoms with E-state index in [1.54, 1.807) is 0 Å². The Hall–Kier alpha value is -1.35. The lowest BCUT2D eigenvalue weighted by Gasteiger charge is -2.11. The van der Waals surface area contributed by atoms with Crippen LogP contribution in [-0.2, 0) is 33.6 Å². The van der Waals surface area contributed by atoms with Crippen molar-refractivity contribution in [2.24, 2.45) is 7.05 Å². The van der Waals surface area contributed by atoms with Gasteiger partial charge in [-0.15, -0.1) is 0 Å². The number of nitrogens with one attached hydrogen (secondary N) is 1. The summed E-state index contributed by atoms with van der Waals surface area (Å²) in [5, 5.41) is 0. The highest BCUT2D eigenvalue weighted by atomic mass is 32.3. The highest BCUT2D eigenvalue weighted by molar-refractivity contribution is 8.05. The van der Waals surface area contributed by atoms with Crippen molar-refractivity contribution in [3.63, 3.8) is 0 Å². The first-order chi connectivity index (χ1) is 17.0. The van der Waals surface area contributed by atoms with Gasteiger partial charge in [-0.1, -0.05) is 88.1 Å². The number of unbranched alkanes of at least 4 members (excludes halogenated alkanes) is 13. The monoisotopic (exact) mass is 588 g/mol. The molecule has 1 aromatic heterocycles. The summed E-state index contributed by atoms with van der Waals surface area (Å²) in [4.78, 5) is 0. The van der Waals surface area contributed by atoms with Crippen molar-refractivity contribution in [1.82, 2.24) is 8.69 Å². The van der Waals surface area contributed by atoms with Crippen LogP contribution in [0.4, 0.5) is 26.3 Å². The number of sulfonamides is 2. The number of rotatable bonds is 17. The highest BCUT2D eigenvalue weighted by Gasteiger charge is 2.55. The molecule has 0 aliphatic rings. The predicted molar refractivity (Wildman–Crippen MR) is 129 cm³/mol. The summed E-state index contributed by atoms with van der Waals surface area (Å²) in [5.74, 6) is 0. The Bertz CT molecular complexity index is 904. The Balaban J connectivity index is 0.000000757. The van der Waals surface area contributed by atoms with Crippen LogP contribution in [0.5, 0.6) is 0 Å². The zero-order chi connectivity index (χ0) is 28.6. The van der Waals surface area contributed by atoms with Gasteiger partial charge >= 0.3 is 31.1 Å². The van der Waals surface area contributed by atoms with E-state index in [1.807, 2.05) is 0 Å². The van der Waals surface area contributed by atoms with Crippen LogP contribution in [0.25, 0.3) is 0 Å². The van der Waals surface area contributed by atoms with E-state index in [4.69, 9.17) is 0 Å². The average Bonchev–Trinajstić information content (AvgIpc) is 3.17. The summed E-state index contributed by atoms with van der Waals surface area (Å²) >= 11 is 0. The molecule has 0 atom stereocenters. The average molecular weight is 589 g/mol. The van der Waals surface area contributed by atoms with Crippen LogP contribution < -0.4 is 8.69 Å². The Kier molecular flexibility index (Phi) is 16.6. The summed E-state index contributed by atoms with van der Waals surface area (Å²) < 4.78 is 113. The maximum atomic E-state index is 11.5. The van der Waals surface area contributed by atoms with Crippen LogP contribution in [0.3, 0.4) is 0 Å². The first kappa shape index (κ1) is 35.6. The number of hydrogen-bond donors (Lipinski definition) is 1. The molecule has 220 valence electrons. The fraction of sp³-hybridized carbons (Fsp3) is 0.864. The molecule has 0 bridgehead atoms. The van der Waals surface area contributed by atoms with E-state index in [1.165, 1.54) is 96.4 Å². The van der Waals surface area contributed by atoms with Gasteiger partial charge in [0, 0.05) is 0 Å². The van der Waals surface area contributed by atoms with Crippen LogP contribution in [0.1, 0.15) is 96.8 Å². The first-order valence-corrected chi connectivity index (χ1v) is 15.4. The fourth-order valence-electron chi connectivity index (χ4n) is 3.36. The number of imidazole rings is 1. The SMILES string of the molecule is CCCCCCCCCCCCCCCCn1cc[n+](C)c1.O=S(=O)(NS(=O)(=O)C(F)(F)F)C(F)(F)F. The molecule has 0 aliphatic carbocycles. The summed E-state index contributed by atoms with van der Waals surface area (Å²) in [6, 6.07) is 0. The molecule has 1 rings (SSSR count). The second-order valence-corrected chi connectivity index (χ2v) is 12.5. The van der Waals surface area contributed by atoms with E-state index in [0.29, 0.717) is 0 Å². The molecule has 0 saturated carbocycles. The van der Waals surface area contributed by atoms with Gasteiger partial charge in [0.1, 0.15) is 12.4 Å². The number of aryl methyl sites for hydroxylation is 2. The number of hydrogen-bond acceptors (Lipinski definition) is 4. The van der Waals surface area contributed by atoms with E-state index < -0.39 is 35.2 Å². The molecule has 0 fully saturated rings. The molecule has 1 aromatic rings. The summed E-state index contributed by atoms with van der Waals surface area (Å²) in [5.41, 5.74) is -12.3. The smallest absolute Gasteiger partial charge is 0.240 e. The van der Waals surface area contributed by atoms with Gasteiger partial charge in [-0.3, -0.25) is 0 Å². The normalized spacial score (nSPS) is 12.9. The van der Waals surface area contributed by atoms with Crippen molar-refractivity contribution in [2.75, 3.05) is 0 Å². The molecule has 0 spiro atoms. The lowest BCUT2D eigenvalue weighted by molar-refractivity contribution is -0.671. The van der Waals surface area contributed by atoms with E-state index in [2.05, 4.69) is 41.8 Å². The van der Waals surface area contributed by atoms with Crippen LogP contribution in [0, 0.1) is 0 Å². The topological polar surface area (TPSA) is 89.1 Å². The maximum absolute atomic E-state index is 11.5. The lowest BCUT2D eigenvalue weighted by atomic mass is 10.0. The number of alkyl halides is 6. The standard InChI is InChI=1S/C20H39N2.C2HF6NO4S2/c1-3-4-5-6-7-8-9-10-11-12-13-14-15-16-17-22-19-18-21(2)20-22;3-1(4,5)14(10,11)9-15(12,13)2(6,7)8/h18-20H,3-17H2,1-2H3;9H/q+1;. The van der Waals surface area contributed by atoms with Crippen molar-refractivity contribution in [1.29, 1.82) is 0 Å². The van der Waals surface area contributed by atoms with Crippen LogP contribution in [0.2, 0.25) is 0 Å². The molecule has 0 aromatic carbocycles. The minimum Gasteiger partial charge on any atom is -0.240 e. The van der Waals surface area contributed by atoms with Gasteiger partial charge in [0.05, 0.1) is 13.6 Å². The molecule has 0 radical (unpaired) electrons. The molecule has 7 nitrogen and oxygen atoms in total. The molecule has 37 heavy (non-hydrogen) atoms. The van der Waals surface area contributed by atoms with E-state index in [0.717, 1.165) is 0 Å². The molecule has 0 saturated heterocycles. The fourth-order valence-corrected chi connectivity index (χ4v) is 5.27. The lowest BCUT2D eigenvalue weighted by Crippen LogP contribution is -2.45. The minimum absolute atomic E-state index is 0.493. The number of halogens is 6. The number of aromatic nitrogens is 2. The number of nitrogens with zero attached hydrogens (tertiary/aromatic N) is 2. The van der Waals surface area contributed by atoms with Gasteiger partial charge in [0.15, 0.2) is 0 Å². The maximum Gasteiger partial charge on any atom is 0.512 e. The van der Waals surface area contributed by atoms with Crippen molar-refractivity contribution in [2.45, 2.75) is 114 Å². The second kappa shape index (κ2) is 17.3. The molecule has 1 N–H and O–H groups in total. The molecular weight excluding hydrogens is 548 g/mol. The highest BCUT2D eigenvalue weighted by Crippen LogP contribution is 2.27. The van der Waals surface area contributed by atoms with Crippen molar-refractivity contribution in [3.8, 4) is 0 Å². The van der Waals surface area contributed by atoms with Gasteiger partial charge < -0.3 is 0 Å².